The van der Waals surface area contributed by atoms with Crippen LogP contribution in [0.5, 0.6) is 0 Å². The van der Waals surface area contributed by atoms with Crippen molar-refractivity contribution in [2.75, 3.05) is 0 Å². The van der Waals surface area contributed by atoms with Crippen molar-refractivity contribution in [3.63, 3.8) is 0 Å². The van der Waals surface area contributed by atoms with Gasteiger partial charge in [0.2, 0.25) is 0 Å². The number of hydrogen-bond acceptors (Lipinski definition) is 2. The third kappa shape index (κ3) is 0.858. The van der Waals surface area contributed by atoms with Gasteiger partial charge in [0.1, 0.15) is 0 Å². The first-order valence-corrected chi connectivity index (χ1v) is 3.11. The second-order valence-corrected chi connectivity index (χ2v) is 2.86. The van der Waals surface area contributed by atoms with Gasteiger partial charge in [-0.3, -0.25) is 0 Å². The smallest absolute Gasteiger partial charge is 0.0769 e. The van der Waals surface area contributed by atoms with Gasteiger partial charge in [-0.25, -0.2) is 0 Å². The fourth-order valence-electron chi connectivity index (χ4n) is 1.18. The Labute approximate surface area is 49.7 Å². The highest BCUT2D eigenvalue weighted by molar-refractivity contribution is 4.90. The van der Waals surface area contributed by atoms with Crippen LogP contribution in [-0.4, -0.2) is 16.7 Å². The normalized spacial score (nSPS) is 47.6. The minimum absolute atomic E-state index is 0.0162. The summed E-state index contributed by atoms with van der Waals surface area (Å²) in [4.78, 5) is 0. The molecule has 1 fully saturated rings. The molecule has 1 aliphatic carbocycles. The van der Waals surface area contributed by atoms with Crippen molar-refractivity contribution in [1.82, 2.24) is 0 Å². The van der Waals surface area contributed by atoms with Gasteiger partial charge < -0.3 is 10.8 Å². The van der Waals surface area contributed by atoms with Gasteiger partial charge in [0.15, 0.2) is 0 Å². The second-order valence-electron chi connectivity index (χ2n) is 2.86. The number of rotatable bonds is 0. The highest BCUT2D eigenvalue weighted by atomic mass is 16.3. The van der Waals surface area contributed by atoms with E-state index in [-0.39, 0.29) is 6.04 Å². The van der Waals surface area contributed by atoms with Crippen LogP contribution >= 0.6 is 0 Å². The lowest BCUT2D eigenvalue weighted by molar-refractivity contribution is 0.0518. The van der Waals surface area contributed by atoms with Crippen molar-refractivity contribution in [2.45, 2.75) is 37.8 Å². The van der Waals surface area contributed by atoms with Crippen molar-refractivity contribution >= 4 is 0 Å². The molecule has 0 aromatic rings. The standard InChI is InChI=1S/C6H13NO/c1-6(8)4-2-3-5(6)7/h5,8H,2-4,7H2,1H3/t5-,6-/m0/s1. The van der Waals surface area contributed by atoms with Crippen LogP contribution in [0.3, 0.4) is 0 Å². The molecule has 2 atom stereocenters. The van der Waals surface area contributed by atoms with Crippen LogP contribution in [-0.2, 0) is 0 Å². The molecule has 2 nitrogen and oxygen atoms in total. The highest BCUT2D eigenvalue weighted by Crippen LogP contribution is 2.27. The molecule has 0 bridgehead atoms. The summed E-state index contributed by atoms with van der Waals surface area (Å²) in [6.45, 7) is 1.81. The summed E-state index contributed by atoms with van der Waals surface area (Å²) in [5.74, 6) is 0. The molecule has 0 amide bonds. The lowest BCUT2D eigenvalue weighted by Gasteiger charge is -2.20. The molecule has 0 unspecified atom stereocenters. The summed E-state index contributed by atoms with van der Waals surface area (Å²) in [7, 11) is 0. The Morgan fingerprint density at radius 2 is 2.38 bits per heavy atom. The van der Waals surface area contributed by atoms with Crippen LogP contribution < -0.4 is 5.73 Å². The van der Waals surface area contributed by atoms with Crippen LogP contribution in [0.1, 0.15) is 26.2 Å². The Morgan fingerprint density at radius 3 is 2.50 bits per heavy atom. The van der Waals surface area contributed by atoms with Gasteiger partial charge in [0.05, 0.1) is 5.60 Å². The maximum atomic E-state index is 9.34. The molecule has 1 saturated carbocycles. The zero-order chi connectivity index (χ0) is 6.20. The Hall–Kier alpha value is -0.0800. The average molecular weight is 115 g/mol. The van der Waals surface area contributed by atoms with Crippen LogP contribution in [0.4, 0.5) is 0 Å². The average Bonchev–Trinajstić information content (AvgIpc) is 1.86. The van der Waals surface area contributed by atoms with Crippen LogP contribution in [0.15, 0.2) is 0 Å². The Balaban J connectivity index is 2.54. The number of nitrogens with two attached hydrogens (primary N) is 1. The van der Waals surface area contributed by atoms with Gasteiger partial charge in [-0.2, -0.15) is 0 Å². The first-order valence-electron chi connectivity index (χ1n) is 3.11. The van der Waals surface area contributed by atoms with E-state index in [0.717, 1.165) is 19.3 Å². The molecular weight excluding hydrogens is 102 g/mol. The van der Waals surface area contributed by atoms with Crippen LogP contribution in [0, 0.1) is 0 Å². The Morgan fingerprint density at radius 1 is 1.75 bits per heavy atom. The van der Waals surface area contributed by atoms with E-state index in [1.165, 1.54) is 0 Å². The predicted molar refractivity (Wildman–Crippen MR) is 32.5 cm³/mol. The van der Waals surface area contributed by atoms with E-state index in [2.05, 4.69) is 0 Å². The maximum Gasteiger partial charge on any atom is 0.0769 e. The molecule has 0 spiro atoms. The van der Waals surface area contributed by atoms with Crippen LogP contribution in [0.2, 0.25) is 0 Å². The molecule has 1 aliphatic rings. The summed E-state index contributed by atoms with van der Waals surface area (Å²) in [6, 6.07) is 0.0162. The third-order valence-corrected chi connectivity index (χ3v) is 2.00. The summed E-state index contributed by atoms with van der Waals surface area (Å²) >= 11 is 0. The minimum atomic E-state index is -0.569. The van der Waals surface area contributed by atoms with E-state index in [1.807, 2.05) is 6.92 Å². The molecule has 0 saturated heterocycles. The molecule has 2 heteroatoms. The van der Waals surface area contributed by atoms with Crippen molar-refractivity contribution in [3.05, 3.63) is 0 Å². The summed E-state index contributed by atoms with van der Waals surface area (Å²) < 4.78 is 0. The maximum absolute atomic E-state index is 9.34. The first kappa shape index (κ1) is 6.05. The molecule has 3 N–H and O–H groups in total. The molecule has 0 aromatic heterocycles. The van der Waals surface area contributed by atoms with Gasteiger partial charge in [-0.1, -0.05) is 0 Å². The molecule has 1 rings (SSSR count). The molecule has 0 aromatic carbocycles. The van der Waals surface area contributed by atoms with Crippen molar-refractivity contribution in [2.24, 2.45) is 5.73 Å². The van der Waals surface area contributed by atoms with Crippen molar-refractivity contribution in [3.8, 4) is 0 Å². The monoisotopic (exact) mass is 115 g/mol. The van der Waals surface area contributed by atoms with Gasteiger partial charge in [0.25, 0.3) is 0 Å². The molecule has 8 heavy (non-hydrogen) atoms. The zero-order valence-corrected chi connectivity index (χ0v) is 5.22. The van der Waals surface area contributed by atoms with E-state index in [9.17, 15) is 5.11 Å². The van der Waals surface area contributed by atoms with E-state index >= 15 is 0 Å². The van der Waals surface area contributed by atoms with E-state index in [4.69, 9.17) is 5.73 Å². The summed E-state index contributed by atoms with van der Waals surface area (Å²) in [5, 5.41) is 9.34. The molecule has 48 valence electrons. The van der Waals surface area contributed by atoms with Gasteiger partial charge in [-0.05, 0) is 26.2 Å². The largest absolute Gasteiger partial charge is 0.389 e. The third-order valence-electron chi connectivity index (χ3n) is 2.00. The lowest BCUT2D eigenvalue weighted by Crippen LogP contribution is -2.40. The van der Waals surface area contributed by atoms with Crippen molar-refractivity contribution < 1.29 is 5.11 Å². The topological polar surface area (TPSA) is 46.2 Å². The lowest BCUT2D eigenvalue weighted by atomic mass is 10.0. The molecule has 0 radical (unpaired) electrons. The molecular formula is C6H13NO. The Kier molecular flexibility index (Phi) is 1.29. The van der Waals surface area contributed by atoms with Gasteiger partial charge in [-0.15, -0.1) is 0 Å². The van der Waals surface area contributed by atoms with Gasteiger partial charge >= 0.3 is 0 Å². The quantitative estimate of drug-likeness (QED) is 0.475. The summed E-state index contributed by atoms with van der Waals surface area (Å²) in [5.41, 5.74) is 4.99. The zero-order valence-electron chi connectivity index (χ0n) is 5.22. The van der Waals surface area contributed by atoms with Gasteiger partial charge in [0, 0.05) is 6.04 Å². The Bertz CT molecular complexity index is 90.5. The SMILES string of the molecule is C[C@]1(O)CCC[C@@H]1N. The minimum Gasteiger partial charge on any atom is -0.389 e. The molecule has 0 aliphatic heterocycles. The van der Waals surface area contributed by atoms with Crippen LogP contribution in [0.25, 0.3) is 0 Å². The fraction of sp³-hybridized carbons (Fsp3) is 1.00. The summed E-state index contributed by atoms with van der Waals surface area (Å²) in [6.07, 6.45) is 2.93. The second kappa shape index (κ2) is 1.71. The van der Waals surface area contributed by atoms with E-state index in [0.29, 0.717) is 0 Å². The highest BCUT2D eigenvalue weighted by Gasteiger charge is 2.33. The predicted octanol–water partition coefficient (Wildman–Crippen LogP) is 0.249. The molecule has 0 heterocycles. The first-order chi connectivity index (χ1) is 3.63. The fourth-order valence-corrected chi connectivity index (χ4v) is 1.18. The van der Waals surface area contributed by atoms with E-state index in [1.54, 1.807) is 0 Å². The van der Waals surface area contributed by atoms with E-state index < -0.39 is 5.60 Å². The number of hydrogen-bond donors (Lipinski definition) is 2. The number of aliphatic hydroxyl groups is 1. The van der Waals surface area contributed by atoms with Crippen molar-refractivity contribution in [1.29, 1.82) is 0 Å².